The summed E-state index contributed by atoms with van der Waals surface area (Å²) < 4.78 is 30.2. The minimum atomic E-state index is -0.510. The molecular formula is C18H15Br2F2NO. The molecule has 1 unspecified atom stereocenters. The summed E-state index contributed by atoms with van der Waals surface area (Å²) in [6, 6.07) is 8.83. The Morgan fingerprint density at radius 3 is 2.29 bits per heavy atom. The van der Waals surface area contributed by atoms with E-state index in [0.717, 1.165) is 12.8 Å². The van der Waals surface area contributed by atoms with Gasteiger partial charge in [-0.15, -0.1) is 0 Å². The first-order valence-corrected chi connectivity index (χ1v) is 9.28. The molecule has 126 valence electrons. The van der Waals surface area contributed by atoms with Crippen molar-refractivity contribution in [3.05, 3.63) is 62.5 Å². The smallest absolute Gasteiger partial charge is 0.227 e. The Hall–Kier alpha value is -1.27. The first-order valence-electron chi connectivity index (χ1n) is 7.69. The molecule has 1 heterocycles. The van der Waals surface area contributed by atoms with Crippen LogP contribution in [0.4, 0.5) is 14.5 Å². The molecular weight excluding hydrogens is 444 g/mol. The zero-order chi connectivity index (χ0) is 17.3. The van der Waals surface area contributed by atoms with Gasteiger partial charge in [0.15, 0.2) is 0 Å². The highest BCUT2D eigenvalue weighted by atomic mass is 79.9. The standard InChI is InChI=1S/C18H15Br2F2NO/c19-11-5-7-13(14(21)9-11)16-3-1-2-4-18(24)23(16)17-8-6-12(20)10-15(17)22/h5-10,16H,1-4H2. The van der Waals surface area contributed by atoms with Gasteiger partial charge in [0.25, 0.3) is 0 Å². The molecule has 1 aliphatic rings. The predicted molar refractivity (Wildman–Crippen MR) is 96.9 cm³/mol. The van der Waals surface area contributed by atoms with E-state index in [2.05, 4.69) is 31.9 Å². The van der Waals surface area contributed by atoms with Crippen LogP contribution in [-0.4, -0.2) is 5.91 Å². The molecule has 0 spiro atoms. The Morgan fingerprint density at radius 1 is 0.958 bits per heavy atom. The van der Waals surface area contributed by atoms with Crippen LogP contribution in [0.15, 0.2) is 45.3 Å². The minimum Gasteiger partial charge on any atom is -0.302 e. The fourth-order valence-electron chi connectivity index (χ4n) is 3.08. The van der Waals surface area contributed by atoms with Gasteiger partial charge < -0.3 is 4.90 Å². The van der Waals surface area contributed by atoms with Crippen molar-refractivity contribution in [1.82, 2.24) is 0 Å². The lowest BCUT2D eigenvalue weighted by Gasteiger charge is -2.31. The van der Waals surface area contributed by atoms with Crippen LogP contribution in [0.3, 0.4) is 0 Å². The van der Waals surface area contributed by atoms with E-state index >= 15 is 0 Å². The van der Waals surface area contributed by atoms with Crippen molar-refractivity contribution in [1.29, 1.82) is 0 Å². The van der Waals surface area contributed by atoms with E-state index in [0.29, 0.717) is 27.4 Å². The largest absolute Gasteiger partial charge is 0.302 e. The summed E-state index contributed by atoms with van der Waals surface area (Å²) in [6.07, 6.45) is 2.45. The number of halogens is 4. The zero-order valence-corrected chi connectivity index (χ0v) is 15.9. The van der Waals surface area contributed by atoms with Gasteiger partial charge in [-0.3, -0.25) is 4.79 Å². The predicted octanol–water partition coefficient (Wildman–Crippen LogP) is 6.14. The lowest BCUT2D eigenvalue weighted by molar-refractivity contribution is -0.118. The summed E-state index contributed by atoms with van der Waals surface area (Å²) in [5.41, 5.74) is 0.605. The maximum absolute atomic E-state index is 14.5. The Kier molecular flexibility index (Phi) is 5.35. The van der Waals surface area contributed by atoms with Crippen molar-refractivity contribution < 1.29 is 13.6 Å². The molecule has 0 aromatic heterocycles. The summed E-state index contributed by atoms with van der Waals surface area (Å²) in [7, 11) is 0. The van der Waals surface area contributed by atoms with Crippen LogP contribution >= 0.6 is 31.9 Å². The Morgan fingerprint density at radius 2 is 1.62 bits per heavy atom. The molecule has 2 nitrogen and oxygen atoms in total. The minimum absolute atomic E-state index is 0.180. The lowest BCUT2D eigenvalue weighted by atomic mass is 9.99. The molecule has 2 aromatic rings. The second kappa shape index (κ2) is 7.31. The van der Waals surface area contributed by atoms with Crippen molar-refractivity contribution in [3.63, 3.8) is 0 Å². The van der Waals surface area contributed by atoms with E-state index in [1.807, 2.05) is 0 Å². The Labute approximate surface area is 156 Å². The van der Waals surface area contributed by atoms with Crippen molar-refractivity contribution in [3.8, 4) is 0 Å². The second-order valence-electron chi connectivity index (χ2n) is 5.79. The van der Waals surface area contributed by atoms with E-state index in [4.69, 9.17) is 0 Å². The van der Waals surface area contributed by atoms with Crippen LogP contribution in [0.1, 0.15) is 37.3 Å². The first-order chi connectivity index (χ1) is 11.5. The van der Waals surface area contributed by atoms with Crippen LogP contribution in [0.5, 0.6) is 0 Å². The molecule has 6 heteroatoms. The molecule has 0 bridgehead atoms. The summed E-state index contributed by atoms with van der Waals surface area (Å²) in [4.78, 5) is 14.0. The fourth-order valence-corrected chi connectivity index (χ4v) is 3.75. The Balaban J connectivity index is 2.11. The van der Waals surface area contributed by atoms with Crippen LogP contribution in [0.2, 0.25) is 0 Å². The molecule has 1 atom stereocenters. The summed E-state index contributed by atoms with van der Waals surface area (Å²) >= 11 is 6.46. The number of nitrogens with zero attached hydrogens (tertiary/aromatic N) is 1. The van der Waals surface area contributed by atoms with Gasteiger partial charge in [0.05, 0.1) is 11.7 Å². The van der Waals surface area contributed by atoms with Gasteiger partial charge in [0, 0.05) is 20.9 Å². The Bertz CT molecular complexity index is 782. The average molecular weight is 459 g/mol. The molecule has 1 fully saturated rings. The van der Waals surface area contributed by atoms with Gasteiger partial charge in [-0.05, 0) is 43.2 Å². The van der Waals surface area contributed by atoms with Gasteiger partial charge >= 0.3 is 0 Å². The second-order valence-corrected chi connectivity index (χ2v) is 7.62. The van der Waals surface area contributed by atoms with E-state index in [1.165, 1.54) is 17.0 Å². The van der Waals surface area contributed by atoms with Gasteiger partial charge in [-0.1, -0.05) is 44.3 Å². The summed E-state index contributed by atoms with van der Waals surface area (Å²) in [5.74, 6) is -1.07. The highest BCUT2D eigenvalue weighted by molar-refractivity contribution is 9.10. The molecule has 0 radical (unpaired) electrons. The molecule has 1 amide bonds. The van der Waals surface area contributed by atoms with Gasteiger partial charge in [-0.25, -0.2) is 8.78 Å². The number of carbonyl (C=O) groups excluding carboxylic acids is 1. The van der Waals surface area contributed by atoms with Crippen molar-refractivity contribution in [2.24, 2.45) is 0 Å². The van der Waals surface area contributed by atoms with Crippen molar-refractivity contribution in [2.45, 2.75) is 31.7 Å². The highest BCUT2D eigenvalue weighted by Gasteiger charge is 2.32. The number of benzene rings is 2. The molecule has 2 aromatic carbocycles. The monoisotopic (exact) mass is 457 g/mol. The van der Waals surface area contributed by atoms with Crippen LogP contribution in [0.25, 0.3) is 0 Å². The number of rotatable bonds is 2. The topological polar surface area (TPSA) is 20.3 Å². The van der Waals surface area contributed by atoms with Crippen LogP contribution in [-0.2, 0) is 4.79 Å². The molecule has 0 saturated carbocycles. The molecule has 24 heavy (non-hydrogen) atoms. The number of anilines is 1. The molecule has 0 aliphatic carbocycles. The SMILES string of the molecule is O=C1CCCCC(c2ccc(Br)cc2F)N1c1ccc(Br)cc1F. The van der Waals surface area contributed by atoms with Crippen LogP contribution in [0, 0.1) is 11.6 Å². The van der Waals surface area contributed by atoms with Gasteiger partial charge in [0.1, 0.15) is 11.6 Å². The van der Waals surface area contributed by atoms with Crippen molar-refractivity contribution in [2.75, 3.05) is 4.90 Å². The van der Waals surface area contributed by atoms with E-state index in [9.17, 15) is 13.6 Å². The molecule has 0 N–H and O–H groups in total. The fraction of sp³-hybridized carbons (Fsp3) is 0.278. The number of hydrogen-bond acceptors (Lipinski definition) is 1. The highest BCUT2D eigenvalue weighted by Crippen LogP contribution is 2.38. The maximum Gasteiger partial charge on any atom is 0.227 e. The number of amides is 1. The third-order valence-corrected chi connectivity index (χ3v) is 5.18. The molecule has 1 saturated heterocycles. The number of hydrogen-bond donors (Lipinski definition) is 0. The molecule has 3 rings (SSSR count). The third kappa shape index (κ3) is 3.54. The normalized spacial score (nSPS) is 18.6. The van der Waals surface area contributed by atoms with Crippen LogP contribution < -0.4 is 4.90 Å². The third-order valence-electron chi connectivity index (χ3n) is 4.19. The zero-order valence-electron chi connectivity index (χ0n) is 12.7. The molecule has 1 aliphatic heterocycles. The van der Waals surface area contributed by atoms with Crippen molar-refractivity contribution >= 4 is 43.5 Å². The first kappa shape index (κ1) is 17.5. The quantitative estimate of drug-likeness (QED) is 0.529. The maximum atomic E-state index is 14.5. The van der Waals surface area contributed by atoms with E-state index in [-0.39, 0.29) is 11.6 Å². The summed E-state index contributed by atoms with van der Waals surface area (Å²) in [5, 5.41) is 0. The average Bonchev–Trinajstić information content (AvgIpc) is 2.70. The van der Waals surface area contributed by atoms with E-state index < -0.39 is 17.7 Å². The summed E-state index contributed by atoms with van der Waals surface area (Å²) in [6.45, 7) is 0. The van der Waals surface area contributed by atoms with Gasteiger partial charge in [-0.2, -0.15) is 0 Å². The van der Waals surface area contributed by atoms with Gasteiger partial charge in [0.2, 0.25) is 5.91 Å². The van der Waals surface area contributed by atoms with E-state index in [1.54, 1.807) is 24.3 Å². The lowest BCUT2D eigenvalue weighted by Crippen LogP contribution is -2.34. The number of carbonyl (C=O) groups is 1.